The van der Waals surface area contributed by atoms with Crippen molar-refractivity contribution in [2.24, 2.45) is 0 Å². The first-order chi connectivity index (χ1) is 29.1. The van der Waals surface area contributed by atoms with E-state index in [-0.39, 0.29) is 44.2 Å². The molecule has 0 aliphatic rings. The van der Waals surface area contributed by atoms with Gasteiger partial charge in [0.2, 0.25) is 0 Å². The molecule has 6 aromatic rings. The molecule has 318 valence electrons. The normalized spacial score (nSPS) is 12.8. The van der Waals surface area contributed by atoms with Crippen molar-refractivity contribution in [3.8, 4) is 0 Å². The average Bonchev–Trinajstić information content (AvgIpc) is 3.22. The number of fused-ring (bicyclic) bond motifs is 1. The molecule has 0 aliphatic carbocycles. The van der Waals surface area contributed by atoms with Crippen LogP contribution in [0.15, 0.2) is 155 Å². The maximum absolute atomic E-state index is 11.2. The molecule has 10 heteroatoms. The number of benzene rings is 5. The smallest absolute Gasteiger partial charge is 0.481 e. The Morgan fingerprint density at radius 2 is 0.968 bits per heavy atom. The predicted molar refractivity (Wildman–Crippen MR) is 264 cm³/mol. The molecule has 0 saturated carbocycles. The van der Waals surface area contributed by atoms with E-state index in [0.717, 1.165) is 55.6 Å². The molecule has 5 aromatic carbocycles. The number of aromatic nitrogens is 1. The van der Waals surface area contributed by atoms with Crippen LogP contribution >= 0.6 is 47.0 Å². The van der Waals surface area contributed by atoms with Gasteiger partial charge in [0.1, 0.15) is 0 Å². The molecule has 6 rings (SSSR count). The first-order valence-corrected chi connectivity index (χ1v) is 24.3. The minimum absolute atomic E-state index is 0. The Hall–Kier alpha value is -2.70. The van der Waals surface area contributed by atoms with Crippen molar-refractivity contribution in [2.45, 2.75) is 143 Å². The van der Waals surface area contributed by atoms with Crippen LogP contribution in [0.3, 0.4) is 0 Å². The second-order valence-corrected chi connectivity index (χ2v) is 21.1. The number of hydrogen-bond donors (Lipinski definition) is 3. The summed E-state index contributed by atoms with van der Waals surface area (Å²) in [5.41, 5.74) is 6.85. The molecule has 0 radical (unpaired) electrons. The van der Waals surface area contributed by atoms with Crippen molar-refractivity contribution in [1.29, 1.82) is 0 Å². The number of rotatable bonds is 18. The maximum atomic E-state index is 11.2. The Balaban J connectivity index is 0.00000726. The second-order valence-electron chi connectivity index (χ2n) is 16.7. The molecule has 2 atom stereocenters. The van der Waals surface area contributed by atoms with Crippen LogP contribution in [0.4, 0.5) is 0 Å². The van der Waals surface area contributed by atoms with Gasteiger partial charge in [0.15, 0.2) is 0 Å². The van der Waals surface area contributed by atoms with Gasteiger partial charge in [0.05, 0.1) is 29.0 Å². The number of aliphatic hydroxyl groups excluding tert-OH is 2. The molecule has 0 amide bonds. The van der Waals surface area contributed by atoms with Crippen LogP contribution in [-0.4, -0.2) is 76.2 Å². The summed E-state index contributed by atoms with van der Waals surface area (Å²) in [6.07, 6.45) is 2.62. The predicted octanol–water partition coefficient (Wildman–Crippen LogP) is 14.6. The van der Waals surface area contributed by atoms with Crippen molar-refractivity contribution in [3.05, 3.63) is 143 Å². The molecule has 0 saturated heterocycles. The SMILES string of the molecule is CC(C)c1ccc(Sc2cc3c(Sc4ccc(C(C)C)cc4)c(/C=C/[C@@H](O)C[C@@H](O)CC(=O)O)cnc3c(Sc3ccc(C(C)C)cc3)c2Sc2ccc(C(C)C)cc2)cc1.[Ca+2]. The fourth-order valence-corrected chi connectivity index (χ4v) is 11.1. The Kier molecular flexibility index (Phi) is 19.0. The third kappa shape index (κ3) is 13.7. The molecule has 0 aliphatic heterocycles. The fraction of sp³-hybridized carbons (Fsp3) is 0.308. The molecule has 0 bridgehead atoms. The molecular weight excluding hydrogens is 871 g/mol. The van der Waals surface area contributed by atoms with Crippen LogP contribution in [0.1, 0.15) is 120 Å². The van der Waals surface area contributed by atoms with Gasteiger partial charge in [-0.05, 0) is 101 Å². The van der Waals surface area contributed by atoms with Crippen LogP contribution in [-0.2, 0) is 4.79 Å². The minimum atomic E-state index is -1.17. The summed E-state index contributed by atoms with van der Waals surface area (Å²) in [4.78, 5) is 25.3. The summed E-state index contributed by atoms with van der Waals surface area (Å²) in [5.74, 6) is 0.570. The van der Waals surface area contributed by atoms with Crippen LogP contribution < -0.4 is 0 Å². The summed E-state index contributed by atoms with van der Waals surface area (Å²) < 4.78 is 0. The van der Waals surface area contributed by atoms with Gasteiger partial charge in [-0.3, -0.25) is 9.78 Å². The van der Waals surface area contributed by atoms with Gasteiger partial charge in [-0.1, -0.05) is 163 Å². The molecule has 0 spiro atoms. The third-order valence-electron chi connectivity index (χ3n) is 10.5. The van der Waals surface area contributed by atoms with Gasteiger partial charge < -0.3 is 15.3 Å². The number of hydrogen-bond acceptors (Lipinski definition) is 8. The van der Waals surface area contributed by atoms with E-state index in [0.29, 0.717) is 23.7 Å². The Morgan fingerprint density at radius 1 is 0.581 bits per heavy atom. The Labute approximate surface area is 415 Å². The zero-order valence-corrected chi connectivity index (χ0v) is 42.4. The Morgan fingerprint density at radius 3 is 1.37 bits per heavy atom. The van der Waals surface area contributed by atoms with Crippen molar-refractivity contribution >= 4 is 108 Å². The zero-order valence-electron chi connectivity index (χ0n) is 37.0. The quantitative estimate of drug-likeness (QED) is 0.0729. The molecule has 1 aromatic heterocycles. The van der Waals surface area contributed by atoms with Crippen molar-refractivity contribution in [2.75, 3.05) is 0 Å². The van der Waals surface area contributed by atoms with Crippen molar-refractivity contribution < 1.29 is 20.1 Å². The number of pyridine rings is 1. The van der Waals surface area contributed by atoms with E-state index >= 15 is 0 Å². The monoisotopic (exact) mass is 927 g/mol. The molecule has 62 heavy (non-hydrogen) atoms. The van der Waals surface area contributed by atoms with Crippen LogP contribution in [0, 0.1) is 0 Å². The molecule has 1 heterocycles. The van der Waals surface area contributed by atoms with Gasteiger partial charge in [0.25, 0.3) is 0 Å². The molecule has 0 unspecified atom stereocenters. The van der Waals surface area contributed by atoms with E-state index in [1.807, 2.05) is 12.3 Å². The standard InChI is InChI=1S/C52H57NO4S4.Ca/c1-31(2)35-10-19-42(20-11-35)58-47-29-46-49(52(61-45-25-16-38(17-26-45)34(7)8)51(47)60-44-23-14-37(15-24-44)33(5)6)53-30-39(9-18-40(54)27-41(55)28-48(56)57)50(46)59-43-21-12-36(13-22-43)32(3)4;/h9-26,29-34,40-41,54-55H,27-28H2,1-8H3,(H,56,57);/q;+2/b18-9+;/t40-,41-;/m1./s1. The molecular formula is C52H57CaNO4S4+2. The first kappa shape index (κ1) is 50.3. The van der Waals surface area contributed by atoms with Crippen molar-refractivity contribution in [3.63, 3.8) is 0 Å². The number of carboxylic acids is 1. The molecule has 0 fully saturated rings. The van der Waals surface area contributed by atoms with E-state index in [2.05, 4.69) is 159 Å². The van der Waals surface area contributed by atoms with Crippen LogP contribution in [0.2, 0.25) is 0 Å². The van der Waals surface area contributed by atoms with Crippen molar-refractivity contribution in [1.82, 2.24) is 4.98 Å². The van der Waals surface area contributed by atoms with E-state index in [1.165, 1.54) is 22.3 Å². The largest absolute Gasteiger partial charge is 2.00 e. The maximum Gasteiger partial charge on any atom is 2.00 e. The number of nitrogens with zero attached hydrogens (tertiary/aromatic N) is 1. The summed E-state index contributed by atoms with van der Waals surface area (Å²) in [6.45, 7) is 17.7. The average molecular weight is 928 g/mol. The van der Waals surface area contributed by atoms with Gasteiger partial charge >= 0.3 is 43.7 Å². The Bertz CT molecular complexity index is 2430. The molecule has 5 nitrogen and oxygen atoms in total. The third-order valence-corrected chi connectivity index (χ3v) is 15.2. The van der Waals surface area contributed by atoms with Crippen LogP contribution in [0.25, 0.3) is 17.0 Å². The van der Waals surface area contributed by atoms with Gasteiger partial charge in [-0.2, -0.15) is 0 Å². The summed E-state index contributed by atoms with van der Waals surface area (Å²) in [6, 6.07) is 37.7. The van der Waals surface area contributed by atoms with E-state index in [9.17, 15) is 20.1 Å². The number of carbonyl (C=O) groups is 1. The minimum Gasteiger partial charge on any atom is -0.481 e. The first-order valence-electron chi connectivity index (χ1n) is 21.0. The topological polar surface area (TPSA) is 90.7 Å². The van der Waals surface area contributed by atoms with Gasteiger partial charge in [-0.15, -0.1) is 0 Å². The zero-order chi connectivity index (χ0) is 43.8. The summed E-state index contributed by atoms with van der Waals surface area (Å²) >= 11 is 6.94. The number of aliphatic carboxylic acids is 1. The van der Waals surface area contributed by atoms with Gasteiger partial charge in [0, 0.05) is 57.8 Å². The van der Waals surface area contributed by atoms with E-state index < -0.39 is 24.6 Å². The summed E-state index contributed by atoms with van der Waals surface area (Å²) in [5, 5.41) is 31.4. The van der Waals surface area contributed by atoms with Crippen LogP contribution in [0.5, 0.6) is 0 Å². The van der Waals surface area contributed by atoms with Gasteiger partial charge in [-0.25, -0.2) is 0 Å². The van der Waals surface area contributed by atoms with E-state index in [4.69, 9.17) is 4.98 Å². The number of aliphatic hydroxyl groups is 2. The summed E-state index contributed by atoms with van der Waals surface area (Å²) in [7, 11) is 0. The second kappa shape index (κ2) is 23.5. The molecule has 3 N–H and O–H groups in total. The van der Waals surface area contributed by atoms with E-state index in [1.54, 1.807) is 53.1 Å². The number of carboxylic acid groups (broad SMARTS) is 1. The fourth-order valence-electron chi connectivity index (χ4n) is 6.78.